The van der Waals surface area contributed by atoms with E-state index in [-0.39, 0.29) is 4.90 Å². The van der Waals surface area contributed by atoms with Crippen molar-refractivity contribution in [3.63, 3.8) is 0 Å². The minimum atomic E-state index is -4.30. The fraction of sp³-hybridized carbons (Fsp3) is 0.125. The Morgan fingerprint density at radius 2 is 2.06 bits per heavy atom. The van der Waals surface area contributed by atoms with Crippen LogP contribution in [0.4, 0.5) is 8.78 Å². The molecule has 0 radical (unpaired) electrons. The number of nitrogens with zero attached hydrogens (tertiary/aromatic N) is 1. The van der Waals surface area contributed by atoms with E-state index in [0.717, 1.165) is 12.1 Å². The van der Waals surface area contributed by atoms with E-state index in [9.17, 15) is 17.2 Å². The smallest absolute Gasteiger partial charge is 0.387 e. The van der Waals surface area contributed by atoms with Crippen LogP contribution in [0.2, 0.25) is 0 Å². The second-order valence-electron chi connectivity index (χ2n) is 2.72. The number of hydrogen-bond acceptors (Lipinski definition) is 5. The number of ether oxygens (including phenoxy) is 1. The summed E-state index contributed by atoms with van der Waals surface area (Å²) < 4.78 is 50.5. The van der Waals surface area contributed by atoms with E-state index in [1.54, 1.807) is 0 Å². The van der Waals surface area contributed by atoms with Gasteiger partial charge in [-0.05, 0) is 12.1 Å². The number of thiol groups is 1. The zero-order valence-electron chi connectivity index (χ0n) is 7.89. The third-order valence-corrected chi connectivity index (χ3v) is 3.40. The molecule has 92 valence electrons. The van der Waals surface area contributed by atoms with Crippen LogP contribution in [0.1, 0.15) is 5.56 Å². The van der Waals surface area contributed by atoms with Crippen LogP contribution in [0.15, 0.2) is 21.9 Å². The summed E-state index contributed by atoms with van der Waals surface area (Å²) in [6.45, 7) is -3.28. The van der Waals surface area contributed by atoms with Crippen molar-refractivity contribution in [2.45, 2.75) is 16.4 Å². The molecule has 0 saturated carbocycles. The molecule has 4 nitrogen and oxygen atoms in total. The van der Waals surface area contributed by atoms with E-state index in [4.69, 9.17) is 15.9 Å². The molecule has 0 aliphatic heterocycles. The summed E-state index contributed by atoms with van der Waals surface area (Å²) in [6, 6.07) is 3.61. The molecule has 17 heavy (non-hydrogen) atoms. The average Bonchev–Trinajstić information content (AvgIpc) is 2.15. The fourth-order valence-electron chi connectivity index (χ4n) is 1.06. The van der Waals surface area contributed by atoms with Crippen molar-refractivity contribution in [2.24, 2.45) is 0 Å². The van der Waals surface area contributed by atoms with E-state index < -0.39 is 31.9 Å². The summed E-state index contributed by atoms with van der Waals surface area (Å²) in [5, 5.41) is 8.74. The lowest BCUT2D eigenvalue weighted by atomic mass is 10.2. The third kappa shape index (κ3) is 3.21. The summed E-state index contributed by atoms with van der Waals surface area (Å²) >= 11 is 3.83. The highest BCUT2D eigenvalue weighted by Gasteiger charge is 2.24. The molecule has 0 N–H and O–H groups in total. The summed E-state index contributed by atoms with van der Waals surface area (Å²) in [6.07, 6.45) is 0. The van der Waals surface area contributed by atoms with E-state index in [2.05, 4.69) is 17.4 Å². The Labute approximate surface area is 106 Å². The van der Waals surface area contributed by atoms with Gasteiger partial charge in [0.1, 0.15) is 16.5 Å². The minimum Gasteiger partial charge on any atom is -0.432 e. The molecule has 1 aromatic carbocycles. The van der Waals surface area contributed by atoms with Gasteiger partial charge in [-0.15, -0.1) is 12.6 Å². The van der Waals surface area contributed by atoms with Crippen molar-refractivity contribution in [1.82, 2.24) is 0 Å². The number of benzene rings is 1. The first-order valence-electron chi connectivity index (χ1n) is 3.93. The van der Waals surface area contributed by atoms with Gasteiger partial charge < -0.3 is 4.74 Å². The topological polar surface area (TPSA) is 67.2 Å². The molecule has 0 aliphatic carbocycles. The van der Waals surface area contributed by atoms with Crippen molar-refractivity contribution in [1.29, 1.82) is 5.26 Å². The molecule has 0 aliphatic rings. The van der Waals surface area contributed by atoms with Crippen LogP contribution in [0, 0.1) is 11.3 Å². The lowest BCUT2D eigenvalue weighted by Gasteiger charge is -2.11. The normalized spacial score (nSPS) is 11.3. The molecule has 0 saturated heterocycles. The van der Waals surface area contributed by atoms with Gasteiger partial charge in [0.25, 0.3) is 9.05 Å². The maximum atomic E-state index is 12.1. The number of nitriles is 1. The lowest BCUT2D eigenvalue weighted by Crippen LogP contribution is -2.08. The van der Waals surface area contributed by atoms with Gasteiger partial charge >= 0.3 is 6.61 Å². The molecule has 0 aromatic heterocycles. The molecular formula is C8H4ClF2NO3S2. The van der Waals surface area contributed by atoms with Gasteiger partial charge in [-0.1, -0.05) is 0 Å². The van der Waals surface area contributed by atoms with E-state index in [0.29, 0.717) is 0 Å². The first-order chi connectivity index (χ1) is 7.77. The molecule has 1 rings (SSSR count). The van der Waals surface area contributed by atoms with Gasteiger partial charge in [-0.2, -0.15) is 14.0 Å². The maximum absolute atomic E-state index is 12.1. The van der Waals surface area contributed by atoms with Gasteiger partial charge in [0.05, 0.1) is 0 Å². The minimum absolute atomic E-state index is 0.00668. The van der Waals surface area contributed by atoms with E-state index >= 15 is 0 Å². The maximum Gasteiger partial charge on any atom is 0.387 e. The molecule has 0 atom stereocenters. The van der Waals surface area contributed by atoms with Gasteiger partial charge in [0, 0.05) is 15.6 Å². The highest BCUT2D eigenvalue weighted by Crippen LogP contribution is 2.34. The van der Waals surface area contributed by atoms with Gasteiger partial charge in [0.2, 0.25) is 0 Å². The van der Waals surface area contributed by atoms with Crippen LogP contribution < -0.4 is 4.74 Å². The van der Waals surface area contributed by atoms with Gasteiger partial charge in [-0.25, -0.2) is 8.42 Å². The van der Waals surface area contributed by atoms with Crippen LogP contribution in [0.5, 0.6) is 5.75 Å². The molecule has 1 aromatic rings. The Hall–Kier alpha value is -1.04. The van der Waals surface area contributed by atoms with Crippen molar-refractivity contribution in [3.05, 3.63) is 17.7 Å². The highest BCUT2D eigenvalue weighted by atomic mass is 35.7. The first-order valence-corrected chi connectivity index (χ1v) is 6.68. The Morgan fingerprint density at radius 3 is 2.47 bits per heavy atom. The fourth-order valence-corrected chi connectivity index (χ4v) is 2.25. The Kier molecular flexibility index (Phi) is 4.19. The van der Waals surface area contributed by atoms with E-state index in [1.807, 2.05) is 0 Å². The third-order valence-electron chi connectivity index (χ3n) is 1.68. The predicted molar refractivity (Wildman–Crippen MR) is 58.1 cm³/mol. The van der Waals surface area contributed by atoms with Crippen LogP contribution in [-0.4, -0.2) is 15.0 Å². The Balaban J connectivity index is 3.58. The average molecular weight is 300 g/mol. The van der Waals surface area contributed by atoms with Gasteiger partial charge in [0.15, 0.2) is 5.75 Å². The number of hydrogen-bond donors (Lipinski definition) is 1. The van der Waals surface area contributed by atoms with Crippen molar-refractivity contribution < 1.29 is 21.9 Å². The summed E-state index contributed by atoms with van der Waals surface area (Å²) in [7, 11) is 0.742. The van der Waals surface area contributed by atoms with Crippen LogP contribution in [0.3, 0.4) is 0 Å². The Bertz CT molecular complexity index is 583. The van der Waals surface area contributed by atoms with Crippen molar-refractivity contribution in [3.8, 4) is 11.8 Å². The lowest BCUT2D eigenvalue weighted by molar-refractivity contribution is -0.0520. The standard InChI is InChI=1S/C8H4ClF2NO3S2/c9-17(13,14)6-2-1-5(16)4(3-12)7(6)15-8(10)11/h1-2,8,16H. The monoisotopic (exact) mass is 299 g/mol. The summed E-state index contributed by atoms with van der Waals surface area (Å²) in [5.74, 6) is -0.801. The molecule has 0 unspecified atom stereocenters. The largest absolute Gasteiger partial charge is 0.432 e. The molecule has 0 amide bonds. The number of halogens is 3. The van der Waals surface area contributed by atoms with Crippen LogP contribution in [0.25, 0.3) is 0 Å². The second kappa shape index (κ2) is 5.08. The van der Waals surface area contributed by atoms with Crippen molar-refractivity contribution >= 4 is 32.4 Å². The zero-order valence-corrected chi connectivity index (χ0v) is 10.4. The number of alkyl halides is 2. The molecular weight excluding hydrogens is 296 g/mol. The zero-order chi connectivity index (χ0) is 13.2. The van der Waals surface area contributed by atoms with E-state index in [1.165, 1.54) is 6.07 Å². The number of rotatable bonds is 3. The molecule has 0 bridgehead atoms. The van der Waals surface area contributed by atoms with Crippen molar-refractivity contribution in [2.75, 3.05) is 0 Å². The highest BCUT2D eigenvalue weighted by molar-refractivity contribution is 8.13. The molecule has 0 heterocycles. The molecule has 9 heteroatoms. The van der Waals surface area contributed by atoms with Crippen LogP contribution >= 0.6 is 23.3 Å². The van der Waals surface area contributed by atoms with Crippen LogP contribution in [-0.2, 0) is 9.05 Å². The quantitative estimate of drug-likeness (QED) is 0.687. The first kappa shape index (κ1) is 14.0. The SMILES string of the molecule is N#Cc1c(S)ccc(S(=O)(=O)Cl)c1OC(F)F. The second-order valence-corrected chi connectivity index (χ2v) is 5.73. The predicted octanol–water partition coefficient (Wildman–Crippen LogP) is 2.38. The van der Waals surface area contributed by atoms with Gasteiger partial charge in [-0.3, -0.25) is 0 Å². The molecule has 0 fully saturated rings. The summed E-state index contributed by atoms with van der Waals surface area (Å²) in [4.78, 5) is -0.693. The summed E-state index contributed by atoms with van der Waals surface area (Å²) in [5.41, 5.74) is -0.421. The Morgan fingerprint density at radius 1 is 1.47 bits per heavy atom. The molecule has 0 spiro atoms.